The third-order valence-electron chi connectivity index (χ3n) is 1.07. The molecule has 0 aromatic heterocycles. The highest BCUT2D eigenvalue weighted by atomic mass is 35.5. The van der Waals surface area contributed by atoms with Crippen molar-refractivity contribution in [3.8, 4) is 0 Å². The normalized spacial score (nSPS) is 26.7. The van der Waals surface area contributed by atoms with Crippen LogP contribution < -0.4 is 5.84 Å². The maximum Gasteiger partial charge on any atom is 0.424 e. The van der Waals surface area contributed by atoms with Gasteiger partial charge in [-0.1, -0.05) is 0 Å². The first kappa shape index (κ1) is 6.64. The molecule has 9 heavy (non-hydrogen) atoms. The van der Waals surface area contributed by atoms with E-state index in [1.54, 1.807) is 0 Å². The number of nitrogens with two attached hydrogens (primary N) is 1. The summed E-state index contributed by atoms with van der Waals surface area (Å²) in [7, 11) is 0. The molecule has 1 unspecified atom stereocenters. The lowest BCUT2D eigenvalue weighted by atomic mass is 10.4. The van der Waals surface area contributed by atoms with E-state index < -0.39 is 6.09 Å². The summed E-state index contributed by atoms with van der Waals surface area (Å²) in [5.74, 6) is 5.45. The molecule has 0 aliphatic carbocycles. The van der Waals surface area contributed by atoms with E-state index in [1.165, 1.54) is 0 Å². The lowest BCUT2D eigenvalue weighted by molar-refractivity contribution is 0.139. The number of hydrazine groups is 1. The lowest BCUT2D eigenvalue weighted by Gasteiger charge is -2.00. The van der Waals surface area contributed by atoms with Crippen molar-refractivity contribution in [3.05, 3.63) is 0 Å². The molecule has 1 atom stereocenters. The van der Waals surface area contributed by atoms with Gasteiger partial charge in [-0.25, -0.2) is 15.6 Å². The molecule has 4 nitrogen and oxygen atoms in total. The van der Waals surface area contributed by atoms with Crippen LogP contribution in [0.15, 0.2) is 0 Å². The number of cyclic esters (lactones) is 1. The molecular formula is C4H7ClN2O2. The number of amides is 1. The first-order chi connectivity index (χ1) is 4.24. The number of ether oxygens (including phenoxy) is 1. The zero-order chi connectivity index (χ0) is 6.85. The van der Waals surface area contributed by atoms with Gasteiger partial charge in [-0.05, 0) is 0 Å². The van der Waals surface area contributed by atoms with E-state index >= 15 is 0 Å². The van der Waals surface area contributed by atoms with Crippen molar-refractivity contribution in [2.45, 2.75) is 6.10 Å². The number of carbonyl (C=O) groups is 1. The maximum absolute atomic E-state index is 10.5. The van der Waals surface area contributed by atoms with Gasteiger partial charge < -0.3 is 4.74 Å². The molecule has 1 aliphatic heterocycles. The Balaban J connectivity index is 2.44. The van der Waals surface area contributed by atoms with Crippen LogP contribution in [0, 0.1) is 0 Å². The van der Waals surface area contributed by atoms with Gasteiger partial charge in [0.25, 0.3) is 0 Å². The van der Waals surface area contributed by atoms with Gasteiger partial charge in [0.1, 0.15) is 6.10 Å². The Morgan fingerprint density at radius 3 is 2.89 bits per heavy atom. The van der Waals surface area contributed by atoms with Gasteiger partial charge >= 0.3 is 6.09 Å². The Morgan fingerprint density at radius 2 is 2.67 bits per heavy atom. The smallest absolute Gasteiger partial charge is 0.424 e. The quantitative estimate of drug-likeness (QED) is 0.323. The summed E-state index contributed by atoms with van der Waals surface area (Å²) in [5.41, 5.74) is 0. The van der Waals surface area contributed by atoms with Crippen LogP contribution in [0.3, 0.4) is 0 Å². The summed E-state index contributed by atoms with van der Waals surface area (Å²) in [4.78, 5) is 10.5. The molecule has 1 fully saturated rings. The summed E-state index contributed by atoms with van der Waals surface area (Å²) in [6.07, 6.45) is -0.732. The Bertz CT molecular complexity index is 130. The van der Waals surface area contributed by atoms with Crippen LogP contribution in [0.25, 0.3) is 0 Å². The van der Waals surface area contributed by atoms with Crippen molar-refractivity contribution in [2.24, 2.45) is 5.84 Å². The summed E-state index contributed by atoms with van der Waals surface area (Å²) in [6.45, 7) is 0.391. The van der Waals surface area contributed by atoms with Crippen LogP contribution in [0.5, 0.6) is 0 Å². The van der Waals surface area contributed by atoms with E-state index in [4.69, 9.17) is 17.4 Å². The molecule has 0 spiro atoms. The minimum absolute atomic E-state index is 0.232. The van der Waals surface area contributed by atoms with Gasteiger partial charge in [0, 0.05) is 0 Å². The number of alkyl halides is 1. The average molecular weight is 151 g/mol. The van der Waals surface area contributed by atoms with Gasteiger partial charge in [-0.3, -0.25) is 0 Å². The highest BCUT2D eigenvalue weighted by molar-refractivity contribution is 6.18. The van der Waals surface area contributed by atoms with Crippen molar-refractivity contribution in [2.75, 3.05) is 12.4 Å². The molecule has 0 radical (unpaired) electrons. The van der Waals surface area contributed by atoms with E-state index in [0.717, 1.165) is 5.01 Å². The predicted octanol–water partition coefficient (Wildman–Crippen LogP) is -0.0803. The molecule has 2 N–H and O–H groups in total. The highest BCUT2D eigenvalue weighted by Gasteiger charge is 2.27. The van der Waals surface area contributed by atoms with Crippen LogP contribution in [-0.2, 0) is 4.74 Å². The molecule has 1 saturated heterocycles. The second kappa shape index (κ2) is 2.41. The van der Waals surface area contributed by atoms with Crippen molar-refractivity contribution in [3.63, 3.8) is 0 Å². The Hall–Kier alpha value is -0.480. The van der Waals surface area contributed by atoms with E-state index in [0.29, 0.717) is 12.4 Å². The first-order valence-electron chi connectivity index (χ1n) is 2.53. The van der Waals surface area contributed by atoms with Crippen LogP contribution in [0.1, 0.15) is 0 Å². The van der Waals surface area contributed by atoms with E-state index in [-0.39, 0.29) is 6.10 Å². The Morgan fingerprint density at radius 1 is 2.00 bits per heavy atom. The van der Waals surface area contributed by atoms with Gasteiger partial charge in [0.2, 0.25) is 0 Å². The molecule has 0 aromatic rings. The summed E-state index contributed by atoms with van der Waals surface area (Å²) < 4.78 is 4.65. The Labute approximate surface area is 57.5 Å². The SMILES string of the molecule is NN1CC(CCl)OC1=O. The first-order valence-corrected chi connectivity index (χ1v) is 3.06. The Kier molecular flexibility index (Phi) is 1.78. The van der Waals surface area contributed by atoms with E-state index in [9.17, 15) is 4.79 Å². The molecule has 1 amide bonds. The van der Waals surface area contributed by atoms with Crippen molar-refractivity contribution < 1.29 is 9.53 Å². The third kappa shape index (κ3) is 1.25. The van der Waals surface area contributed by atoms with Gasteiger partial charge in [-0.15, -0.1) is 11.6 Å². The number of nitrogens with zero attached hydrogens (tertiary/aromatic N) is 1. The summed E-state index contributed by atoms with van der Waals surface area (Å²) in [5, 5.41) is 1.01. The number of rotatable bonds is 1. The number of hydrogen-bond acceptors (Lipinski definition) is 3. The fourth-order valence-corrected chi connectivity index (χ4v) is 0.782. The lowest BCUT2D eigenvalue weighted by Crippen LogP contribution is -2.32. The van der Waals surface area contributed by atoms with Crippen molar-refractivity contribution in [1.29, 1.82) is 0 Å². The van der Waals surface area contributed by atoms with Crippen LogP contribution in [0.2, 0.25) is 0 Å². The molecular weight excluding hydrogens is 144 g/mol. The molecule has 1 aliphatic rings. The average Bonchev–Trinajstić information content (AvgIpc) is 2.13. The van der Waals surface area contributed by atoms with Gasteiger partial charge in [-0.2, -0.15) is 0 Å². The van der Waals surface area contributed by atoms with Gasteiger partial charge in [0.15, 0.2) is 0 Å². The van der Waals surface area contributed by atoms with Crippen molar-refractivity contribution in [1.82, 2.24) is 5.01 Å². The molecule has 52 valence electrons. The van der Waals surface area contributed by atoms with Gasteiger partial charge in [0.05, 0.1) is 12.4 Å². The van der Waals surface area contributed by atoms with Crippen LogP contribution >= 0.6 is 11.6 Å². The molecule has 1 heterocycles. The summed E-state index contributed by atoms with van der Waals surface area (Å²) >= 11 is 5.38. The standard InChI is InChI=1S/C4H7ClN2O2/c5-1-3-2-7(6)4(8)9-3/h3H,1-2,6H2. The number of hydrogen-bond donors (Lipinski definition) is 1. The monoisotopic (exact) mass is 150 g/mol. The molecule has 0 saturated carbocycles. The third-order valence-corrected chi connectivity index (χ3v) is 1.42. The topological polar surface area (TPSA) is 55.6 Å². The molecule has 5 heteroatoms. The van der Waals surface area contributed by atoms with Crippen LogP contribution in [0.4, 0.5) is 4.79 Å². The van der Waals surface area contributed by atoms with Crippen LogP contribution in [-0.4, -0.2) is 29.6 Å². The van der Waals surface area contributed by atoms with Crippen molar-refractivity contribution >= 4 is 17.7 Å². The molecule has 0 aromatic carbocycles. The van der Waals surface area contributed by atoms with E-state index in [1.807, 2.05) is 0 Å². The van der Waals surface area contributed by atoms with E-state index in [2.05, 4.69) is 4.74 Å². The summed E-state index contributed by atoms with van der Waals surface area (Å²) in [6, 6.07) is 0. The fourth-order valence-electron chi connectivity index (χ4n) is 0.622. The maximum atomic E-state index is 10.5. The molecule has 0 bridgehead atoms. The largest absolute Gasteiger partial charge is 0.442 e. The zero-order valence-electron chi connectivity index (χ0n) is 4.71. The number of halogens is 1. The predicted molar refractivity (Wildman–Crippen MR) is 31.9 cm³/mol. The number of carbonyl (C=O) groups excluding carboxylic acids is 1. The second-order valence-corrected chi connectivity index (χ2v) is 2.12. The minimum atomic E-state index is -0.499. The zero-order valence-corrected chi connectivity index (χ0v) is 5.47. The highest BCUT2D eigenvalue weighted by Crippen LogP contribution is 2.07. The second-order valence-electron chi connectivity index (χ2n) is 1.81. The minimum Gasteiger partial charge on any atom is -0.442 e. The fraction of sp³-hybridized carbons (Fsp3) is 0.750. The molecule has 1 rings (SSSR count).